The Morgan fingerprint density at radius 3 is 1.93 bits per heavy atom. The zero-order valence-corrected chi connectivity index (χ0v) is 27.5. The molecular formula is C34H45Cl3N4O. The zero-order valence-electron chi connectivity index (χ0n) is 25.0. The number of ether oxygens (including phenoxy) is 1. The summed E-state index contributed by atoms with van der Waals surface area (Å²) in [5.41, 5.74) is 6.25. The number of aromatic nitrogens is 2. The molecule has 0 aliphatic carbocycles. The average Bonchev–Trinajstić information content (AvgIpc) is 3.36. The number of aryl methyl sites for hydroxylation is 1. The topological polar surface area (TPSA) is 44.4 Å². The highest BCUT2D eigenvalue weighted by Gasteiger charge is 2.31. The smallest absolute Gasteiger partial charge is 0.137 e. The van der Waals surface area contributed by atoms with E-state index in [9.17, 15) is 0 Å². The number of piperazine rings is 1. The van der Waals surface area contributed by atoms with Crippen molar-refractivity contribution in [1.82, 2.24) is 19.8 Å². The molecule has 8 heteroatoms. The molecule has 2 heterocycles. The summed E-state index contributed by atoms with van der Waals surface area (Å²) in [4.78, 5) is 14.0. The Hall–Kier alpha value is -2.54. The molecule has 0 bridgehead atoms. The lowest BCUT2D eigenvalue weighted by Gasteiger charge is -2.41. The number of nitrogens with zero attached hydrogens (tertiary/aromatic N) is 3. The first-order chi connectivity index (χ1) is 19.0. The molecule has 1 aliphatic heterocycles. The van der Waals surface area contributed by atoms with Gasteiger partial charge in [-0.3, -0.25) is 4.90 Å². The van der Waals surface area contributed by atoms with E-state index in [-0.39, 0.29) is 37.2 Å². The number of imidazole rings is 1. The third kappa shape index (κ3) is 8.52. The summed E-state index contributed by atoms with van der Waals surface area (Å²) >= 11 is 0. The Morgan fingerprint density at radius 2 is 1.36 bits per heavy atom. The van der Waals surface area contributed by atoms with Crippen molar-refractivity contribution in [1.29, 1.82) is 0 Å². The van der Waals surface area contributed by atoms with Crippen LogP contribution in [0, 0.1) is 12.8 Å². The van der Waals surface area contributed by atoms with Crippen molar-refractivity contribution < 1.29 is 4.74 Å². The van der Waals surface area contributed by atoms with E-state index in [1.165, 1.54) is 22.5 Å². The third-order valence-electron chi connectivity index (χ3n) is 8.14. The zero-order chi connectivity index (χ0) is 27.2. The normalized spacial score (nSPS) is 15.2. The molecule has 1 aromatic heterocycles. The van der Waals surface area contributed by atoms with Gasteiger partial charge in [-0.25, -0.2) is 4.98 Å². The Kier molecular flexibility index (Phi) is 14.4. The largest absolute Gasteiger partial charge is 0.497 e. The van der Waals surface area contributed by atoms with Crippen molar-refractivity contribution >= 4 is 37.2 Å². The van der Waals surface area contributed by atoms with Gasteiger partial charge in [-0.15, -0.1) is 37.2 Å². The number of H-pyrrole nitrogens is 1. The second-order valence-corrected chi connectivity index (χ2v) is 11.1. The molecule has 1 fully saturated rings. The highest BCUT2D eigenvalue weighted by atomic mass is 35.5. The molecule has 0 radical (unpaired) electrons. The van der Waals surface area contributed by atoms with Gasteiger partial charge in [0, 0.05) is 43.4 Å². The number of benzene rings is 3. The minimum Gasteiger partial charge on any atom is -0.497 e. The second-order valence-electron chi connectivity index (χ2n) is 11.1. The number of halogens is 3. The first kappa shape index (κ1) is 35.7. The molecule has 0 amide bonds. The Labute approximate surface area is 270 Å². The summed E-state index contributed by atoms with van der Waals surface area (Å²) in [6.45, 7) is 12.2. The van der Waals surface area contributed by atoms with E-state index in [4.69, 9.17) is 9.72 Å². The number of nitrogens with one attached hydrogen (secondary N) is 1. The van der Waals surface area contributed by atoms with Gasteiger partial charge in [0.25, 0.3) is 0 Å². The van der Waals surface area contributed by atoms with Crippen molar-refractivity contribution in [2.45, 2.75) is 39.2 Å². The van der Waals surface area contributed by atoms with Gasteiger partial charge in [0.05, 0.1) is 18.8 Å². The molecule has 2 unspecified atom stereocenters. The number of methoxy groups -OCH3 is 1. The molecule has 42 heavy (non-hydrogen) atoms. The molecule has 4 aromatic rings. The predicted molar refractivity (Wildman–Crippen MR) is 182 cm³/mol. The summed E-state index contributed by atoms with van der Waals surface area (Å²) in [7, 11) is 1.72. The van der Waals surface area contributed by atoms with Crippen LogP contribution in [0.25, 0.3) is 11.4 Å². The maximum atomic E-state index is 5.40. The Morgan fingerprint density at radius 1 is 0.786 bits per heavy atom. The predicted octanol–water partition coefficient (Wildman–Crippen LogP) is 8.20. The Balaban J connectivity index is 0.00000205. The number of aromatic amines is 1. The van der Waals surface area contributed by atoms with Crippen molar-refractivity contribution in [3.63, 3.8) is 0 Å². The number of hydrogen-bond donors (Lipinski definition) is 1. The maximum Gasteiger partial charge on any atom is 0.137 e. The van der Waals surface area contributed by atoms with Crippen LogP contribution in [-0.2, 0) is 0 Å². The highest BCUT2D eigenvalue weighted by Crippen LogP contribution is 2.33. The van der Waals surface area contributed by atoms with Crippen LogP contribution < -0.4 is 4.74 Å². The molecule has 1 N–H and O–H groups in total. The van der Waals surface area contributed by atoms with E-state index in [2.05, 4.69) is 120 Å². The third-order valence-corrected chi connectivity index (χ3v) is 8.14. The summed E-state index contributed by atoms with van der Waals surface area (Å²) in [6.07, 6.45) is 1.10. The van der Waals surface area contributed by atoms with E-state index < -0.39 is 0 Å². The van der Waals surface area contributed by atoms with E-state index in [1.807, 2.05) is 0 Å². The first-order valence-electron chi connectivity index (χ1n) is 14.3. The molecule has 3 aromatic carbocycles. The van der Waals surface area contributed by atoms with Crippen LogP contribution in [0.2, 0.25) is 0 Å². The van der Waals surface area contributed by atoms with Crippen LogP contribution in [0.4, 0.5) is 0 Å². The summed E-state index contributed by atoms with van der Waals surface area (Å²) in [5.74, 6) is 2.74. The summed E-state index contributed by atoms with van der Waals surface area (Å²) in [5, 5.41) is 0. The maximum absolute atomic E-state index is 5.40. The van der Waals surface area contributed by atoms with E-state index in [0.29, 0.717) is 17.9 Å². The van der Waals surface area contributed by atoms with Crippen LogP contribution in [0.15, 0.2) is 84.9 Å². The van der Waals surface area contributed by atoms with Gasteiger partial charge in [0.2, 0.25) is 0 Å². The summed E-state index contributed by atoms with van der Waals surface area (Å²) < 4.78 is 5.40. The lowest BCUT2D eigenvalue weighted by Crippen LogP contribution is -2.49. The van der Waals surface area contributed by atoms with Gasteiger partial charge in [0.15, 0.2) is 0 Å². The molecular weight excluding hydrogens is 587 g/mol. The molecule has 2 atom stereocenters. The van der Waals surface area contributed by atoms with Crippen molar-refractivity contribution in [3.05, 3.63) is 107 Å². The van der Waals surface area contributed by atoms with Crippen LogP contribution >= 0.6 is 37.2 Å². The fraction of sp³-hybridized carbons (Fsp3) is 0.382. The quantitative estimate of drug-likeness (QED) is 0.192. The monoisotopic (exact) mass is 630 g/mol. The number of hydrogen-bond acceptors (Lipinski definition) is 4. The van der Waals surface area contributed by atoms with E-state index in [0.717, 1.165) is 56.3 Å². The molecule has 228 valence electrons. The fourth-order valence-electron chi connectivity index (χ4n) is 6.03. The lowest BCUT2D eigenvalue weighted by atomic mass is 9.88. The van der Waals surface area contributed by atoms with Gasteiger partial charge >= 0.3 is 0 Å². The van der Waals surface area contributed by atoms with Gasteiger partial charge in [-0.05, 0) is 49.1 Å². The highest BCUT2D eigenvalue weighted by molar-refractivity contribution is 5.86. The summed E-state index contributed by atoms with van der Waals surface area (Å²) in [6, 6.07) is 30.3. The van der Waals surface area contributed by atoms with Gasteiger partial charge in [0.1, 0.15) is 11.6 Å². The van der Waals surface area contributed by atoms with Crippen LogP contribution in [-0.4, -0.2) is 59.6 Å². The van der Waals surface area contributed by atoms with Gasteiger partial charge in [-0.2, -0.15) is 0 Å². The fourth-order valence-corrected chi connectivity index (χ4v) is 6.03. The molecule has 1 saturated heterocycles. The Bertz CT molecular complexity index is 1310. The molecule has 0 spiro atoms. The van der Waals surface area contributed by atoms with Crippen LogP contribution in [0.1, 0.15) is 54.7 Å². The second kappa shape index (κ2) is 16.9. The van der Waals surface area contributed by atoms with E-state index in [1.54, 1.807) is 7.11 Å². The van der Waals surface area contributed by atoms with E-state index >= 15 is 0 Å². The van der Waals surface area contributed by atoms with Crippen LogP contribution in [0.5, 0.6) is 5.75 Å². The van der Waals surface area contributed by atoms with Gasteiger partial charge in [-0.1, -0.05) is 86.6 Å². The molecule has 1 aliphatic rings. The molecule has 0 saturated carbocycles. The standard InChI is InChI=1S/C34H42N4O.3ClH/c1-25(2)33(32-26(3)35-34(36-32)29-13-9-6-10-14-29)38-23-21-37(22-24-38)20-19-31(27-11-7-5-8-12-27)28-15-17-30(39-4)18-16-28;;;/h5-18,25,31,33H,19-24H2,1-4H3,(H,35,36);3*1H. The average molecular weight is 632 g/mol. The van der Waals surface area contributed by atoms with Crippen molar-refractivity contribution in [2.75, 3.05) is 39.8 Å². The van der Waals surface area contributed by atoms with Gasteiger partial charge < -0.3 is 14.6 Å². The minimum atomic E-state index is 0. The van der Waals surface area contributed by atoms with Crippen molar-refractivity contribution in [3.8, 4) is 17.1 Å². The molecule has 5 rings (SSSR count). The first-order valence-corrected chi connectivity index (χ1v) is 14.3. The minimum absolute atomic E-state index is 0. The van der Waals surface area contributed by atoms with Crippen molar-refractivity contribution in [2.24, 2.45) is 5.92 Å². The number of rotatable bonds is 10. The molecule has 5 nitrogen and oxygen atoms in total. The van der Waals surface area contributed by atoms with Crippen LogP contribution in [0.3, 0.4) is 0 Å². The lowest BCUT2D eigenvalue weighted by molar-refractivity contribution is 0.0729. The SMILES string of the molecule is COc1ccc(C(CCN2CCN(C(c3nc(-c4ccccc4)[nH]c3C)C(C)C)CC2)c2ccccc2)cc1.Cl.Cl.Cl.